The Kier molecular flexibility index (Phi) is 4.60. The van der Waals surface area contributed by atoms with E-state index in [1.54, 1.807) is 22.6 Å². The predicted octanol–water partition coefficient (Wildman–Crippen LogP) is 2.66. The molecule has 1 aromatic rings. The Balaban J connectivity index is 2.01. The number of piperidine rings is 1. The van der Waals surface area contributed by atoms with Crippen LogP contribution in [0.2, 0.25) is 10.2 Å². The topological polar surface area (TPSA) is 62.5 Å². The zero-order chi connectivity index (χ0) is 14.9. The largest absolute Gasteiger partial charge is 0.481 e. The van der Waals surface area contributed by atoms with E-state index in [1.807, 2.05) is 0 Å². The highest BCUT2D eigenvalue weighted by molar-refractivity contribution is 6.41. The lowest BCUT2D eigenvalue weighted by Crippen LogP contribution is -2.39. The number of rotatable bonds is 3. The van der Waals surface area contributed by atoms with E-state index in [-0.39, 0.29) is 18.2 Å². The monoisotopic (exact) mass is 318 g/mol. The summed E-state index contributed by atoms with van der Waals surface area (Å²) in [6.07, 6.45) is 1.59. The summed E-state index contributed by atoms with van der Waals surface area (Å²) in [5.41, 5.74) is 0.455. The highest BCUT2D eigenvalue weighted by Gasteiger charge is 2.27. The molecule has 0 aliphatic carbocycles. The van der Waals surface area contributed by atoms with Gasteiger partial charge < -0.3 is 14.6 Å². The van der Waals surface area contributed by atoms with Crippen molar-refractivity contribution >= 4 is 35.1 Å². The molecule has 1 aliphatic heterocycles. The van der Waals surface area contributed by atoms with Gasteiger partial charge in [-0.05, 0) is 24.8 Å². The molecule has 1 fully saturated rings. The zero-order valence-corrected chi connectivity index (χ0v) is 12.6. The molecule has 0 aromatic carbocycles. The molecule has 0 radical (unpaired) electrons. The van der Waals surface area contributed by atoms with Gasteiger partial charge in [-0.1, -0.05) is 23.2 Å². The van der Waals surface area contributed by atoms with Crippen LogP contribution in [0.25, 0.3) is 0 Å². The first-order chi connectivity index (χ1) is 9.40. The lowest BCUT2D eigenvalue weighted by atomic mass is 9.93. The predicted molar refractivity (Wildman–Crippen MR) is 76.3 cm³/mol. The Hall–Kier alpha value is -1.20. The van der Waals surface area contributed by atoms with Gasteiger partial charge in [0, 0.05) is 26.6 Å². The van der Waals surface area contributed by atoms with E-state index in [2.05, 4.69) is 0 Å². The Morgan fingerprint density at radius 2 is 1.95 bits per heavy atom. The van der Waals surface area contributed by atoms with Crippen molar-refractivity contribution in [1.82, 2.24) is 9.47 Å². The molecule has 0 atom stereocenters. The second-order valence-electron chi connectivity index (χ2n) is 5.06. The number of aliphatic carboxylic acids is 1. The molecule has 2 rings (SSSR count). The van der Waals surface area contributed by atoms with E-state index in [0.29, 0.717) is 41.8 Å². The third kappa shape index (κ3) is 3.10. The normalized spacial score (nSPS) is 16.4. The van der Waals surface area contributed by atoms with E-state index in [4.69, 9.17) is 28.3 Å². The smallest absolute Gasteiger partial charge is 0.303 e. The first kappa shape index (κ1) is 15.2. The van der Waals surface area contributed by atoms with Crippen molar-refractivity contribution in [3.63, 3.8) is 0 Å². The van der Waals surface area contributed by atoms with Gasteiger partial charge in [0.2, 0.25) is 0 Å². The van der Waals surface area contributed by atoms with Crippen molar-refractivity contribution in [2.45, 2.75) is 19.3 Å². The molecule has 1 aliphatic rings. The third-order valence-electron chi connectivity index (χ3n) is 3.70. The fourth-order valence-corrected chi connectivity index (χ4v) is 2.87. The van der Waals surface area contributed by atoms with Gasteiger partial charge in [0.25, 0.3) is 5.91 Å². The van der Waals surface area contributed by atoms with Crippen LogP contribution in [0.1, 0.15) is 29.8 Å². The number of hydrogen-bond acceptors (Lipinski definition) is 2. The second kappa shape index (κ2) is 6.06. The van der Waals surface area contributed by atoms with Crippen molar-refractivity contribution < 1.29 is 14.7 Å². The quantitative estimate of drug-likeness (QED) is 0.931. The maximum Gasteiger partial charge on any atom is 0.303 e. The molecule has 1 aromatic heterocycles. The summed E-state index contributed by atoms with van der Waals surface area (Å²) in [5.74, 6) is -0.747. The molecule has 1 N–H and O–H groups in total. The Morgan fingerprint density at radius 3 is 2.40 bits per heavy atom. The fraction of sp³-hybridized carbons (Fsp3) is 0.538. The van der Waals surface area contributed by atoms with Crippen molar-refractivity contribution in [1.29, 1.82) is 0 Å². The van der Waals surface area contributed by atoms with E-state index >= 15 is 0 Å². The molecule has 0 bridgehead atoms. The summed E-state index contributed by atoms with van der Waals surface area (Å²) in [6.45, 7) is 1.13. The molecule has 20 heavy (non-hydrogen) atoms. The number of carbonyl (C=O) groups is 2. The van der Waals surface area contributed by atoms with Crippen LogP contribution in [0.5, 0.6) is 0 Å². The number of carboxylic acids is 1. The van der Waals surface area contributed by atoms with Gasteiger partial charge in [-0.25, -0.2) is 0 Å². The molecule has 0 spiro atoms. The Labute approximate surface area is 127 Å². The lowest BCUT2D eigenvalue weighted by molar-refractivity contribution is -0.138. The second-order valence-corrected chi connectivity index (χ2v) is 5.83. The number of halogens is 2. The van der Waals surface area contributed by atoms with Crippen LogP contribution < -0.4 is 0 Å². The summed E-state index contributed by atoms with van der Waals surface area (Å²) < 4.78 is 1.57. The van der Waals surface area contributed by atoms with E-state index in [9.17, 15) is 9.59 Å². The minimum atomic E-state index is -0.782. The van der Waals surface area contributed by atoms with Gasteiger partial charge in [-0.15, -0.1) is 0 Å². The molecular weight excluding hydrogens is 303 g/mol. The molecule has 7 heteroatoms. The molecular formula is C13H16Cl2N2O3. The summed E-state index contributed by atoms with van der Waals surface area (Å²) in [6, 6.07) is 1.57. The number of aromatic nitrogens is 1. The maximum absolute atomic E-state index is 12.4. The van der Waals surface area contributed by atoms with Crippen LogP contribution in [0, 0.1) is 5.92 Å². The molecule has 5 nitrogen and oxygen atoms in total. The van der Waals surface area contributed by atoms with E-state index in [0.717, 1.165) is 0 Å². The van der Waals surface area contributed by atoms with Gasteiger partial charge >= 0.3 is 5.97 Å². The first-order valence-corrected chi connectivity index (χ1v) is 7.17. The molecule has 1 amide bonds. The van der Waals surface area contributed by atoms with Crippen molar-refractivity contribution in [2.24, 2.45) is 13.0 Å². The number of amides is 1. The van der Waals surface area contributed by atoms with Crippen molar-refractivity contribution in [2.75, 3.05) is 13.1 Å². The summed E-state index contributed by atoms with van der Waals surface area (Å²) >= 11 is 11.9. The molecule has 0 saturated carbocycles. The number of carboxylic acid groups (broad SMARTS) is 1. The summed E-state index contributed by atoms with van der Waals surface area (Å²) in [7, 11) is 1.69. The van der Waals surface area contributed by atoms with E-state index in [1.165, 1.54) is 0 Å². The first-order valence-electron chi connectivity index (χ1n) is 6.42. The Bertz CT molecular complexity index is 534. The average Bonchev–Trinajstić information content (AvgIpc) is 2.66. The minimum Gasteiger partial charge on any atom is -0.481 e. The highest BCUT2D eigenvalue weighted by Crippen LogP contribution is 2.27. The highest BCUT2D eigenvalue weighted by atomic mass is 35.5. The van der Waals surface area contributed by atoms with Gasteiger partial charge in [-0.2, -0.15) is 0 Å². The van der Waals surface area contributed by atoms with Crippen LogP contribution in [-0.4, -0.2) is 39.5 Å². The minimum absolute atomic E-state index is 0.116. The molecule has 2 heterocycles. The van der Waals surface area contributed by atoms with Crippen LogP contribution in [0.4, 0.5) is 0 Å². The summed E-state index contributed by atoms with van der Waals surface area (Å²) in [4.78, 5) is 24.8. The lowest BCUT2D eigenvalue weighted by Gasteiger charge is -2.31. The molecule has 1 saturated heterocycles. The Morgan fingerprint density at radius 1 is 1.35 bits per heavy atom. The van der Waals surface area contributed by atoms with Crippen LogP contribution >= 0.6 is 23.2 Å². The van der Waals surface area contributed by atoms with Crippen LogP contribution in [-0.2, 0) is 11.8 Å². The SMILES string of the molecule is Cn1c(C(=O)N2CCC(CC(=O)O)CC2)cc(Cl)c1Cl. The third-order valence-corrected chi connectivity index (χ3v) is 4.54. The van der Waals surface area contributed by atoms with Crippen LogP contribution in [0.15, 0.2) is 6.07 Å². The zero-order valence-electron chi connectivity index (χ0n) is 11.1. The van der Waals surface area contributed by atoms with Crippen LogP contribution in [0.3, 0.4) is 0 Å². The number of nitrogens with zero attached hydrogens (tertiary/aromatic N) is 2. The number of hydrogen-bond donors (Lipinski definition) is 1. The average molecular weight is 319 g/mol. The number of likely N-dealkylation sites (tertiary alicyclic amines) is 1. The number of carbonyl (C=O) groups excluding carboxylic acids is 1. The van der Waals surface area contributed by atoms with Gasteiger partial charge in [0.15, 0.2) is 0 Å². The maximum atomic E-state index is 12.4. The van der Waals surface area contributed by atoms with Crippen molar-refractivity contribution in [3.05, 3.63) is 21.9 Å². The van der Waals surface area contributed by atoms with Gasteiger partial charge in [0.1, 0.15) is 10.8 Å². The van der Waals surface area contributed by atoms with Gasteiger partial charge in [-0.3, -0.25) is 9.59 Å². The van der Waals surface area contributed by atoms with Crippen molar-refractivity contribution in [3.8, 4) is 0 Å². The van der Waals surface area contributed by atoms with E-state index < -0.39 is 5.97 Å². The molecule has 110 valence electrons. The fourth-order valence-electron chi connectivity index (χ4n) is 2.50. The van der Waals surface area contributed by atoms with Gasteiger partial charge in [0.05, 0.1) is 5.02 Å². The standard InChI is InChI=1S/C13H16Cl2N2O3/c1-16-10(7-9(14)12(16)15)13(20)17-4-2-8(3-5-17)6-11(18)19/h7-8H,2-6H2,1H3,(H,18,19). The molecule has 0 unspecified atom stereocenters. The summed E-state index contributed by atoms with van der Waals surface area (Å²) in [5, 5.41) is 9.48.